The van der Waals surface area contributed by atoms with Gasteiger partial charge in [0.1, 0.15) is 5.03 Å². The van der Waals surface area contributed by atoms with Gasteiger partial charge in [0.15, 0.2) is 0 Å². The van der Waals surface area contributed by atoms with Crippen LogP contribution >= 0.6 is 11.8 Å². The van der Waals surface area contributed by atoms with E-state index in [0.29, 0.717) is 0 Å². The van der Waals surface area contributed by atoms with Gasteiger partial charge in [-0.25, -0.2) is 0 Å². The monoisotopic (exact) mass is 314 g/mol. The number of hydrogen-bond acceptors (Lipinski definition) is 3. The topological polar surface area (TPSA) is 30.2 Å². The molecule has 116 valence electrons. The molecule has 1 N–H and O–H groups in total. The summed E-state index contributed by atoms with van der Waals surface area (Å²) in [6, 6.07) is 12.5. The molecule has 0 aliphatic carbocycles. The number of hydrogen-bond donors (Lipinski definition) is 1. The lowest BCUT2D eigenvalue weighted by Gasteiger charge is -2.23. The molecule has 1 aliphatic rings. The Morgan fingerprint density at radius 2 is 1.82 bits per heavy atom. The van der Waals surface area contributed by atoms with Gasteiger partial charge in [-0.05, 0) is 43.9 Å². The molecule has 0 unspecified atom stereocenters. The highest BCUT2D eigenvalue weighted by atomic mass is 32.2. The van der Waals surface area contributed by atoms with Crippen LogP contribution in [0.1, 0.15) is 24.8 Å². The molecule has 2 heterocycles. The Labute approximate surface area is 137 Å². The fraction of sp³-hybridized carbons (Fsp3) is 0.444. The van der Waals surface area contributed by atoms with E-state index in [-0.39, 0.29) is 0 Å². The molecule has 0 spiro atoms. The van der Waals surface area contributed by atoms with E-state index in [1.807, 2.05) is 17.8 Å². The van der Waals surface area contributed by atoms with Gasteiger partial charge in [-0.1, -0.05) is 36.0 Å². The number of aromatic nitrogens is 2. The molecule has 4 heteroatoms. The zero-order valence-electron chi connectivity index (χ0n) is 13.2. The van der Waals surface area contributed by atoms with E-state index in [0.717, 1.165) is 16.5 Å². The van der Waals surface area contributed by atoms with Crippen LogP contribution in [0, 0.1) is 6.92 Å². The Kier molecular flexibility index (Phi) is 5.46. The smallest absolute Gasteiger partial charge is 0.119 e. The summed E-state index contributed by atoms with van der Waals surface area (Å²) >= 11 is 1.83. The summed E-state index contributed by atoms with van der Waals surface area (Å²) in [6.45, 7) is 6.05. The van der Waals surface area contributed by atoms with Gasteiger partial charge in [-0.2, -0.15) is 0 Å². The average Bonchev–Trinajstić information content (AvgIpc) is 2.57. The third kappa shape index (κ3) is 4.08. The molecule has 2 aromatic rings. The first kappa shape index (κ1) is 15.5. The minimum absolute atomic E-state index is 0.962. The number of nitrogens with zero attached hydrogens (tertiary/aromatic N) is 2. The second kappa shape index (κ2) is 7.75. The molecule has 3 rings (SSSR count). The van der Waals surface area contributed by atoms with Gasteiger partial charge in [0.25, 0.3) is 0 Å². The molecule has 1 aliphatic heterocycles. The second-order valence-corrected chi connectivity index (χ2v) is 7.10. The average molecular weight is 314 g/mol. The lowest BCUT2D eigenvalue weighted by atomic mass is 10.1. The summed E-state index contributed by atoms with van der Waals surface area (Å²) < 4.78 is 0. The van der Waals surface area contributed by atoms with Gasteiger partial charge < -0.3 is 4.90 Å². The zero-order chi connectivity index (χ0) is 15.2. The molecule has 1 saturated heterocycles. The Morgan fingerprint density at radius 1 is 1.00 bits per heavy atom. The predicted molar refractivity (Wildman–Crippen MR) is 92.3 cm³/mol. The molecule has 0 radical (unpaired) electrons. The standard InChI is InChI=1S/C18H23N3S/c1-15-7-3-4-8-16(15)17-9-10-18(20-19-17)22-14-13-21-11-5-2-6-12-21/h3-4,7-10H,2,5-6,11-14H2,1H3/p+1. The van der Waals surface area contributed by atoms with Crippen molar-refractivity contribution in [3.63, 3.8) is 0 Å². The van der Waals surface area contributed by atoms with E-state index < -0.39 is 0 Å². The summed E-state index contributed by atoms with van der Waals surface area (Å²) in [7, 11) is 0. The predicted octanol–water partition coefficient (Wildman–Crippen LogP) is 2.61. The SMILES string of the molecule is Cc1ccccc1-c1ccc(SCC[NH+]2CCCCC2)nn1. The van der Waals surface area contributed by atoms with Gasteiger partial charge in [-0.3, -0.25) is 0 Å². The number of likely N-dealkylation sites (tertiary alicyclic amines) is 1. The first-order chi connectivity index (χ1) is 10.8. The molecule has 1 aromatic heterocycles. The van der Waals surface area contributed by atoms with Crippen LogP contribution in [0.3, 0.4) is 0 Å². The van der Waals surface area contributed by atoms with Crippen LogP contribution in [-0.2, 0) is 0 Å². The fourth-order valence-corrected chi connectivity index (χ4v) is 3.87. The summed E-state index contributed by atoms with van der Waals surface area (Å²) in [6.07, 6.45) is 4.21. The van der Waals surface area contributed by atoms with Crippen LogP contribution in [0.4, 0.5) is 0 Å². The van der Waals surface area contributed by atoms with Crippen molar-refractivity contribution in [2.24, 2.45) is 0 Å². The van der Waals surface area contributed by atoms with E-state index in [2.05, 4.69) is 47.5 Å². The van der Waals surface area contributed by atoms with Gasteiger partial charge in [0.05, 0.1) is 25.3 Å². The third-order valence-electron chi connectivity index (χ3n) is 4.33. The van der Waals surface area contributed by atoms with Crippen LogP contribution in [0.2, 0.25) is 0 Å². The number of piperidine rings is 1. The highest BCUT2D eigenvalue weighted by Crippen LogP contribution is 2.22. The van der Waals surface area contributed by atoms with E-state index in [4.69, 9.17) is 0 Å². The number of benzene rings is 1. The number of quaternary nitrogens is 1. The van der Waals surface area contributed by atoms with E-state index in [1.54, 1.807) is 4.90 Å². The van der Waals surface area contributed by atoms with Gasteiger partial charge in [0.2, 0.25) is 0 Å². The summed E-state index contributed by atoms with van der Waals surface area (Å²) in [4.78, 5) is 1.75. The van der Waals surface area contributed by atoms with Crippen LogP contribution < -0.4 is 4.90 Å². The molecule has 0 amide bonds. The Morgan fingerprint density at radius 3 is 2.55 bits per heavy atom. The maximum absolute atomic E-state index is 4.40. The summed E-state index contributed by atoms with van der Waals surface area (Å²) in [5.74, 6) is 1.13. The Balaban J connectivity index is 1.54. The zero-order valence-corrected chi connectivity index (χ0v) is 14.0. The highest BCUT2D eigenvalue weighted by Gasteiger charge is 2.13. The van der Waals surface area contributed by atoms with Crippen molar-refractivity contribution in [3.05, 3.63) is 42.0 Å². The van der Waals surface area contributed by atoms with Crippen LogP contribution in [0.5, 0.6) is 0 Å². The second-order valence-electron chi connectivity index (χ2n) is 5.98. The van der Waals surface area contributed by atoms with Crippen molar-refractivity contribution >= 4 is 11.8 Å². The minimum atomic E-state index is 0.962. The van der Waals surface area contributed by atoms with Crippen molar-refractivity contribution in [1.29, 1.82) is 0 Å². The van der Waals surface area contributed by atoms with Crippen molar-refractivity contribution in [1.82, 2.24) is 10.2 Å². The molecular formula is C18H24N3S+. The Bertz CT molecular complexity index is 592. The first-order valence-electron chi connectivity index (χ1n) is 8.19. The fourth-order valence-electron chi connectivity index (χ4n) is 3.00. The highest BCUT2D eigenvalue weighted by molar-refractivity contribution is 7.99. The number of thioether (sulfide) groups is 1. The normalized spacial score (nSPS) is 15.9. The van der Waals surface area contributed by atoms with Crippen LogP contribution in [0.25, 0.3) is 11.3 Å². The molecular weight excluding hydrogens is 290 g/mol. The first-order valence-corrected chi connectivity index (χ1v) is 9.17. The minimum Gasteiger partial charge on any atom is -0.334 e. The molecule has 0 bridgehead atoms. The molecule has 3 nitrogen and oxygen atoms in total. The quantitative estimate of drug-likeness (QED) is 0.861. The van der Waals surface area contributed by atoms with E-state index in [1.165, 1.54) is 50.0 Å². The van der Waals surface area contributed by atoms with Crippen molar-refractivity contribution in [2.75, 3.05) is 25.4 Å². The molecule has 0 atom stereocenters. The number of nitrogens with one attached hydrogen (secondary N) is 1. The summed E-state index contributed by atoms with van der Waals surface area (Å²) in [5, 5.41) is 9.82. The van der Waals surface area contributed by atoms with Crippen LogP contribution in [0.15, 0.2) is 41.4 Å². The third-order valence-corrected chi connectivity index (χ3v) is 5.25. The maximum atomic E-state index is 4.40. The molecule has 1 aromatic carbocycles. The van der Waals surface area contributed by atoms with Crippen LogP contribution in [-0.4, -0.2) is 35.6 Å². The number of aryl methyl sites for hydroxylation is 1. The van der Waals surface area contributed by atoms with Gasteiger partial charge in [-0.15, -0.1) is 10.2 Å². The van der Waals surface area contributed by atoms with E-state index in [9.17, 15) is 0 Å². The van der Waals surface area contributed by atoms with Crippen molar-refractivity contribution < 1.29 is 4.90 Å². The lowest BCUT2D eigenvalue weighted by Crippen LogP contribution is -3.13. The Hall–Kier alpha value is -1.39. The van der Waals surface area contributed by atoms with Crippen molar-refractivity contribution in [2.45, 2.75) is 31.2 Å². The van der Waals surface area contributed by atoms with Crippen molar-refractivity contribution in [3.8, 4) is 11.3 Å². The number of rotatable bonds is 5. The van der Waals surface area contributed by atoms with Gasteiger partial charge >= 0.3 is 0 Å². The molecule has 0 saturated carbocycles. The maximum Gasteiger partial charge on any atom is 0.119 e. The molecule has 1 fully saturated rings. The lowest BCUT2D eigenvalue weighted by molar-refractivity contribution is -0.902. The summed E-state index contributed by atoms with van der Waals surface area (Å²) in [5.41, 5.74) is 3.37. The van der Waals surface area contributed by atoms with Gasteiger partial charge in [0, 0.05) is 11.3 Å². The molecule has 22 heavy (non-hydrogen) atoms. The largest absolute Gasteiger partial charge is 0.334 e. The van der Waals surface area contributed by atoms with E-state index >= 15 is 0 Å².